The first kappa shape index (κ1) is 14.5. The molecule has 0 radical (unpaired) electrons. The third kappa shape index (κ3) is 4.06. The number of para-hydroxylation sites is 1. The molecule has 0 aromatic heterocycles. The summed E-state index contributed by atoms with van der Waals surface area (Å²) in [5, 5.41) is 8.96. The van der Waals surface area contributed by atoms with Gasteiger partial charge in [-0.3, -0.25) is 9.59 Å². The van der Waals surface area contributed by atoms with E-state index in [1.54, 1.807) is 24.3 Å². The first-order valence-electron chi connectivity index (χ1n) is 6.82. The van der Waals surface area contributed by atoms with Gasteiger partial charge in [-0.25, -0.2) is 0 Å². The lowest BCUT2D eigenvalue weighted by atomic mass is 10.0. The number of carboxylic acid groups (broad SMARTS) is 1. The maximum Gasteiger partial charge on any atom is 0.323 e. The van der Waals surface area contributed by atoms with Crippen LogP contribution >= 0.6 is 0 Å². The number of carboxylic acids is 1. The van der Waals surface area contributed by atoms with E-state index in [0.29, 0.717) is 24.6 Å². The normalized spacial score (nSPS) is 17.9. The molecule has 1 aliphatic rings. The minimum Gasteiger partial charge on any atom is -0.480 e. The molecule has 0 saturated carbocycles. The lowest BCUT2D eigenvalue weighted by Gasteiger charge is -2.21. The van der Waals surface area contributed by atoms with Gasteiger partial charge in [0.05, 0.1) is 0 Å². The smallest absolute Gasteiger partial charge is 0.323 e. The van der Waals surface area contributed by atoms with Crippen molar-refractivity contribution >= 4 is 17.6 Å². The van der Waals surface area contributed by atoms with Gasteiger partial charge in [-0.1, -0.05) is 18.2 Å². The van der Waals surface area contributed by atoms with Gasteiger partial charge in [0, 0.05) is 25.3 Å². The molecular formula is C15H19NO4. The van der Waals surface area contributed by atoms with E-state index in [0.717, 1.165) is 19.4 Å². The maximum absolute atomic E-state index is 12.3. The van der Waals surface area contributed by atoms with Crippen molar-refractivity contribution < 1.29 is 19.4 Å². The summed E-state index contributed by atoms with van der Waals surface area (Å²) in [6.07, 6.45) is 2.09. The summed E-state index contributed by atoms with van der Waals surface area (Å²) >= 11 is 0. The molecule has 1 N–H and O–H groups in total. The quantitative estimate of drug-likeness (QED) is 0.862. The maximum atomic E-state index is 12.3. The van der Waals surface area contributed by atoms with Crippen LogP contribution in [-0.4, -0.2) is 36.7 Å². The molecule has 1 fully saturated rings. The second kappa shape index (κ2) is 7.05. The third-order valence-corrected chi connectivity index (χ3v) is 3.45. The highest BCUT2D eigenvalue weighted by Crippen LogP contribution is 2.20. The van der Waals surface area contributed by atoms with Crippen molar-refractivity contribution in [1.82, 2.24) is 0 Å². The number of rotatable bonds is 6. The molecule has 5 nitrogen and oxygen atoms in total. The lowest BCUT2D eigenvalue weighted by molar-refractivity contribution is -0.136. The van der Waals surface area contributed by atoms with Crippen LogP contribution < -0.4 is 4.90 Å². The van der Waals surface area contributed by atoms with E-state index in [1.807, 2.05) is 6.07 Å². The standard InChI is InChI=1S/C15H19NO4/c17-14(7-6-12-8-9-20-11-12)16(10-15(18)19)13-4-2-1-3-5-13/h1-5,12H,6-11H2,(H,18,19). The van der Waals surface area contributed by atoms with E-state index in [-0.39, 0.29) is 12.5 Å². The van der Waals surface area contributed by atoms with Crippen LogP contribution in [0.2, 0.25) is 0 Å². The van der Waals surface area contributed by atoms with E-state index in [4.69, 9.17) is 9.84 Å². The molecule has 1 heterocycles. The Balaban J connectivity index is 1.98. The number of anilines is 1. The van der Waals surface area contributed by atoms with E-state index < -0.39 is 5.97 Å². The third-order valence-electron chi connectivity index (χ3n) is 3.45. The molecular weight excluding hydrogens is 258 g/mol. The van der Waals surface area contributed by atoms with Gasteiger partial charge in [0.2, 0.25) is 5.91 Å². The predicted octanol–water partition coefficient (Wildman–Crippen LogP) is 1.92. The molecule has 0 bridgehead atoms. The molecule has 1 aromatic rings. The Bertz CT molecular complexity index is 454. The van der Waals surface area contributed by atoms with Gasteiger partial charge >= 0.3 is 5.97 Å². The van der Waals surface area contributed by atoms with Crippen molar-refractivity contribution in [2.45, 2.75) is 19.3 Å². The molecule has 1 saturated heterocycles. The number of nitrogens with zero attached hydrogens (tertiary/aromatic N) is 1. The second-order valence-corrected chi connectivity index (χ2v) is 4.98. The van der Waals surface area contributed by atoms with Crippen LogP contribution in [0.25, 0.3) is 0 Å². The Morgan fingerprint density at radius 1 is 1.30 bits per heavy atom. The molecule has 0 spiro atoms. The van der Waals surface area contributed by atoms with Gasteiger partial charge in [0.15, 0.2) is 0 Å². The molecule has 0 aliphatic carbocycles. The molecule has 1 amide bonds. The number of hydrogen-bond acceptors (Lipinski definition) is 3. The summed E-state index contributed by atoms with van der Waals surface area (Å²) in [5.74, 6) is -0.738. The predicted molar refractivity (Wildman–Crippen MR) is 74.6 cm³/mol. The fourth-order valence-corrected chi connectivity index (χ4v) is 2.34. The zero-order valence-corrected chi connectivity index (χ0v) is 11.3. The largest absolute Gasteiger partial charge is 0.480 e. The molecule has 108 valence electrons. The second-order valence-electron chi connectivity index (χ2n) is 4.98. The average molecular weight is 277 g/mol. The van der Waals surface area contributed by atoms with Gasteiger partial charge in [-0.15, -0.1) is 0 Å². The van der Waals surface area contributed by atoms with Crippen molar-refractivity contribution in [2.75, 3.05) is 24.7 Å². The van der Waals surface area contributed by atoms with Crippen LogP contribution in [0.15, 0.2) is 30.3 Å². The minimum absolute atomic E-state index is 0.148. The average Bonchev–Trinajstić information content (AvgIpc) is 2.96. The summed E-state index contributed by atoms with van der Waals surface area (Å²) in [4.78, 5) is 24.5. The number of benzene rings is 1. The summed E-state index contributed by atoms with van der Waals surface area (Å²) in [6, 6.07) is 8.92. The highest BCUT2D eigenvalue weighted by Gasteiger charge is 2.21. The molecule has 1 aliphatic heterocycles. The molecule has 1 unspecified atom stereocenters. The van der Waals surface area contributed by atoms with Crippen LogP contribution in [0.4, 0.5) is 5.69 Å². The van der Waals surface area contributed by atoms with E-state index in [2.05, 4.69) is 0 Å². The van der Waals surface area contributed by atoms with E-state index in [9.17, 15) is 9.59 Å². The van der Waals surface area contributed by atoms with Gasteiger partial charge in [0.1, 0.15) is 6.54 Å². The van der Waals surface area contributed by atoms with Gasteiger partial charge in [-0.05, 0) is 30.9 Å². The Kier molecular flexibility index (Phi) is 5.12. The molecule has 20 heavy (non-hydrogen) atoms. The number of carbonyl (C=O) groups excluding carboxylic acids is 1. The zero-order chi connectivity index (χ0) is 14.4. The van der Waals surface area contributed by atoms with Crippen LogP contribution in [0.3, 0.4) is 0 Å². The van der Waals surface area contributed by atoms with Crippen LogP contribution in [0.5, 0.6) is 0 Å². The number of ether oxygens (including phenoxy) is 1. The van der Waals surface area contributed by atoms with Crippen LogP contribution in [-0.2, 0) is 14.3 Å². The first-order valence-corrected chi connectivity index (χ1v) is 6.82. The summed E-state index contributed by atoms with van der Waals surface area (Å²) in [7, 11) is 0. The Morgan fingerprint density at radius 2 is 2.05 bits per heavy atom. The lowest BCUT2D eigenvalue weighted by Crippen LogP contribution is -2.35. The van der Waals surface area contributed by atoms with Crippen molar-refractivity contribution in [3.63, 3.8) is 0 Å². The summed E-state index contributed by atoms with van der Waals surface area (Å²) in [6.45, 7) is 1.16. The van der Waals surface area contributed by atoms with Crippen molar-refractivity contribution in [2.24, 2.45) is 5.92 Å². The molecule has 1 atom stereocenters. The van der Waals surface area contributed by atoms with Crippen LogP contribution in [0, 0.1) is 5.92 Å². The molecule has 5 heteroatoms. The summed E-state index contributed by atoms with van der Waals surface area (Å²) in [5.41, 5.74) is 0.627. The fraction of sp³-hybridized carbons (Fsp3) is 0.467. The van der Waals surface area contributed by atoms with E-state index >= 15 is 0 Å². The number of aliphatic carboxylic acids is 1. The Morgan fingerprint density at radius 3 is 2.65 bits per heavy atom. The summed E-state index contributed by atoms with van der Waals surface area (Å²) < 4.78 is 5.28. The van der Waals surface area contributed by atoms with Gasteiger partial charge in [-0.2, -0.15) is 0 Å². The Hall–Kier alpha value is -1.88. The zero-order valence-electron chi connectivity index (χ0n) is 11.3. The Labute approximate surface area is 118 Å². The first-order chi connectivity index (χ1) is 9.66. The van der Waals surface area contributed by atoms with Crippen molar-refractivity contribution in [1.29, 1.82) is 0 Å². The fourth-order valence-electron chi connectivity index (χ4n) is 2.34. The number of carbonyl (C=O) groups is 2. The highest BCUT2D eigenvalue weighted by molar-refractivity contribution is 5.97. The topological polar surface area (TPSA) is 66.8 Å². The van der Waals surface area contributed by atoms with Gasteiger partial charge in [0.25, 0.3) is 0 Å². The van der Waals surface area contributed by atoms with Crippen molar-refractivity contribution in [3.05, 3.63) is 30.3 Å². The molecule has 1 aromatic carbocycles. The number of hydrogen-bond donors (Lipinski definition) is 1. The van der Waals surface area contributed by atoms with Gasteiger partial charge < -0.3 is 14.7 Å². The monoisotopic (exact) mass is 277 g/mol. The van der Waals surface area contributed by atoms with Crippen molar-refractivity contribution in [3.8, 4) is 0 Å². The van der Waals surface area contributed by atoms with E-state index in [1.165, 1.54) is 4.90 Å². The molecule has 2 rings (SSSR count). The SMILES string of the molecule is O=C(O)CN(C(=O)CCC1CCOC1)c1ccccc1. The van der Waals surface area contributed by atoms with Crippen LogP contribution in [0.1, 0.15) is 19.3 Å². The minimum atomic E-state index is -1.01. The highest BCUT2D eigenvalue weighted by atomic mass is 16.5. The number of amides is 1.